The van der Waals surface area contributed by atoms with E-state index in [4.69, 9.17) is 4.52 Å². The molecule has 21 heavy (non-hydrogen) atoms. The molecule has 1 saturated heterocycles. The van der Waals surface area contributed by atoms with Crippen molar-refractivity contribution in [1.29, 1.82) is 0 Å². The summed E-state index contributed by atoms with van der Waals surface area (Å²) in [5, 5.41) is 21.9. The largest absolute Gasteiger partial charge is 0.393 e. The molecule has 3 heterocycles. The predicted molar refractivity (Wildman–Crippen MR) is 74.8 cm³/mol. The van der Waals surface area contributed by atoms with Gasteiger partial charge in [0.1, 0.15) is 0 Å². The molecule has 7 nitrogen and oxygen atoms in total. The molecular formula is C14H17N5O2. The maximum atomic E-state index is 9.53. The zero-order chi connectivity index (χ0) is 14.2. The van der Waals surface area contributed by atoms with Gasteiger partial charge in [0.25, 0.3) is 5.89 Å². The first-order chi connectivity index (χ1) is 10.3. The summed E-state index contributed by atoms with van der Waals surface area (Å²) in [6, 6.07) is 3.78. The maximum absolute atomic E-state index is 9.53. The lowest BCUT2D eigenvalue weighted by Gasteiger charge is -2.29. The highest BCUT2D eigenvalue weighted by Gasteiger charge is 2.29. The number of hydrogen-bond donors (Lipinski definition) is 1. The zero-order valence-electron chi connectivity index (χ0n) is 11.6. The fraction of sp³-hybridized carbons (Fsp3) is 0.571. The SMILES string of the molecule is OC1CCN(c2ccc(-c3nc(C4CC4)no3)nn2)CC1. The molecule has 0 amide bonds. The minimum absolute atomic E-state index is 0.187. The average molecular weight is 287 g/mol. The fourth-order valence-electron chi connectivity index (χ4n) is 2.55. The van der Waals surface area contributed by atoms with Crippen LogP contribution in [0.3, 0.4) is 0 Å². The Morgan fingerprint density at radius 3 is 2.57 bits per heavy atom. The molecule has 1 aliphatic carbocycles. The summed E-state index contributed by atoms with van der Waals surface area (Å²) in [6.45, 7) is 1.61. The molecule has 0 unspecified atom stereocenters. The van der Waals surface area contributed by atoms with Crippen LogP contribution in [0.25, 0.3) is 11.6 Å². The van der Waals surface area contributed by atoms with E-state index in [0.29, 0.717) is 17.5 Å². The summed E-state index contributed by atoms with van der Waals surface area (Å²) >= 11 is 0. The Balaban J connectivity index is 1.49. The third-order valence-electron chi connectivity index (χ3n) is 4.04. The number of aliphatic hydroxyl groups is 1. The maximum Gasteiger partial charge on any atom is 0.278 e. The van der Waals surface area contributed by atoms with Gasteiger partial charge in [-0.3, -0.25) is 0 Å². The predicted octanol–water partition coefficient (Wildman–Crippen LogP) is 1.37. The molecule has 110 valence electrons. The van der Waals surface area contributed by atoms with Gasteiger partial charge in [-0.25, -0.2) is 0 Å². The second kappa shape index (κ2) is 5.07. The van der Waals surface area contributed by atoms with Gasteiger partial charge in [0.05, 0.1) is 6.10 Å². The number of aliphatic hydroxyl groups excluding tert-OH is 1. The van der Waals surface area contributed by atoms with E-state index in [0.717, 1.165) is 50.4 Å². The van der Waals surface area contributed by atoms with Crippen LogP contribution < -0.4 is 4.90 Å². The Morgan fingerprint density at radius 2 is 1.90 bits per heavy atom. The van der Waals surface area contributed by atoms with E-state index in [2.05, 4.69) is 25.2 Å². The molecule has 7 heteroatoms. The molecule has 2 aromatic heterocycles. The van der Waals surface area contributed by atoms with Crippen LogP contribution in [0.1, 0.15) is 37.4 Å². The summed E-state index contributed by atoms with van der Waals surface area (Å²) in [6.07, 6.45) is 3.65. The van der Waals surface area contributed by atoms with Crippen LogP contribution in [-0.2, 0) is 0 Å². The normalized spacial score (nSPS) is 20.0. The van der Waals surface area contributed by atoms with E-state index in [1.807, 2.05) is 12.1 Å². The van der Waals surface area contributed by atoms with Crippen LogP contribution in [0.15, 0.2) is 16.7 Å². The highest BCUT2D eigenvalue weighted by molar-refractivity contribution is 5.49. The topological polar surface area (TPSA) is 88.2 Å². The molecule has 2 fully saturated rings. The lowest BCUT2D eigenvalue weighted by molar-refractivity contribution is 0.145. The molecule has 2 aromatic rings. The lowest BCUT2D eigenvalue weighted by atomic mass is 10.1. The highest BCUT2D eigenvalue weighted by Crippen LogP contribution is 2.38. The van der Waals surface area contributed by atoms with Crippen molar-refractivity contribution in [3.63, 3.8) is 0 Å². The van der Waals surface area contributed by atoms with E-state index >= 15 is 0 Å². The number of hydrogen-bond acceptors (Lipinski definition) is 7. The molecular weight excluding hydrogens is 270 g/mol. The second-order valence-electron chi connectivity index (χ2n) is 5.73. The summed E-state index contributed by atoms with van der Waals surface area (Å²) in [5.41, 5.74) is 0.607. The van der Waals surface area contributed by atoms with Crippen molar-refractivity contribution in [2.45, 2.75) is 37.7 Å². The van der Waals surface area contributed by atoms with E-state index in [1.54, 1.807) is 0 Å². The van der Waals surface area contributed by atoms with Crippen molar-refractivity contribution < 1.29 is 9.63 Å². The molecule has 1 saturated carbocycles. The molecule has 0 radical (unpaired) electrons. The average Bonchev–Trinajstić information content (AvgIpc) is 3.26. The van der Waals surface area contributed by atoms with Gasteiger partial charge in [-0.1, -0.05) is 5.16 Å². The summed E-state index contributed by atoms with van der Waals surface area (Å²) < 4.78 is 5.24. The highest BCUT2D eigenvalue weighted by atomic mass is 16.5. The fourth-order valence-corrected chi connectivity index (χ4v) is 2.55. The van der Waals surface area contributed by atoms with Crippen LogP contribution in [0.2, 0.25) is 0 Å². The standard InChI is InChI=1S/C14H17N5O2/c20-10-5-7-19(8-6-10)12-4-3-11(16-17-12)14-15-13(18-21-14)9-1-2-9/h3-4,9-10,20H,1-2,5-8H2. The Bertz CT molecular complexity index is 615. The van der Waals surface area contributed by atoms with E-state index in [-0.39, 0.29) is 6.10 Å². The number of nitrogens with zero attached hydrogens (tertiary/aromatic N) is 5. The van der Waals surface area contributed by atoms with Crippen molar-refractivity contribution in [2.24, 2.45) is 0 Å². The van der Waals surface area contributed by atoms with Gasteiger partial charge in [0, 0.05) is 19.0 Å². The van der Waals surface area contributed by atoms with Crippen LogP contribution in [0, 0.1) is 0 Å². The molecule has 0 atom stereocenters. The first-order valence-electron chi connectivity index (χ1n) is 7.40. The van der Waals surface area contributed by atoms with E-state index in [1.165, 1.54) is 0 Å². The minimum atomic E-state index is -0.187. The van der Waals surface area contributed by atoms with Crippen molar-refractivity contribution in [3.05, 3.63) is 18.0 Å². The van der Waals surface area contributed by atoms with E-state index in [9.17, 15) is 5.11 Å². The second-order valence-corrected chi connectivity index (χ2v) is 5.73. The van der Waals surface area contributed by atoms with Crippen LogP contribution in [0.5, 0.6) is 0 Å². The van der Waals surface area contributed by atoms with Crippen LogP contribution in [0.4, 0.5) is 5.82 Å². The van der Waals surface area contributed by atoms with E-state index < -0.39 is 0 Å². The molecule has 1 N–H and O–H groups in total. The quantitative estimate of drug-likeness (QED) is 0.911. The van der Waals surface area contributed by atoms with Crippen molar-refractivity contribution >= 4 is 5.82 Å². The monoisotopic (exact) mass is 287 g/mol. The molecule has 1 aliphatic heterocycles. The molecule has 0 spiro atoms. The molecule has 2 aliphatic rings. The van der Waals surface area contributed by atoms with Crippen molar-refractivity contribution in [3.8, 4) is 11.6 Å². The smallest absolute Gasteiger partial charge is 0.278 e. The molecule has 0 bridgehead atoms. The third kappa shape index (κ3) is 2.61. The van der Waals surface area contributed by atoms with Crippen molar-refractivity contribution in [2.75, 3.05) is 18.0 Å². The third-order valence-corrected chi connectivity index (χ3v) is 4.04. The van der Waals surface area contributed by atoms with Gasteiger partial charge in [0.2, 0.25) is 0 Å². The summed E-state index contributed by atoms with van der Waals surface area (Å²) in [7, 11) is 0. The van der Waals surface area contributed by atoms with Gasteiger partial charge in [-0.05, 0) is 37.8 Å². The first kappa shape index (κ1) is 12.7. The lowest BCUT2D eigenvalue weighted by Crippen LogP contribution is -2.36. The van der Waals surface area contributed by atoms with Crippen LogP contribution >= 0.6 is 0 Å². The molecule has 0 aromatic carbocycles. The van der Waals surface area contributed by atoms with Crippen LogP contribution in [-0.4, -0.2) is 44.6 Å². The minimum Gasteiger partial charge on any atom is -0.393 e. The van der Waals surface area contributed by atoms with Crippen molar-refractivity contribution in [1.82, 2.24) is 20.3 Å². The van der Waals surface area contributed by atoms with Gasteiger partial charge in [-0.2, -0.15) is 4.98 Å². The number of rotatable bonds is 3. The first-order valence-corrected chi connectivity index (χ1v) is 7.40. The number of aromatic nitrogens is 4. The van der Waals surface area contributed by atoms with Gasteiger partial charge < -0.3 is 14.5 Å². The molecule has 4 rings (SSSR count). The summed E-state index contributed by atoms with van der Waals surface area (Å²) in [5.74, 6) is 2.51. The Kier molecular flexibility index (Phi) is 3.07. The Labute approximate surface area is 122 Å². The van der Waals surface area contributed by atoms with Gasteiger partial charge in [-0.15, -0.1) is 10.2 Å². The summed E-state index contributed by atoms with van der Waals surface area (Å²) in [4.78, 5) is 6.50. The number of piperidine rings is 1. The zero-order valence-corrected chi connectivity index (χ0v) is 11.6. The van der Waals surface area contributed by atoms with Gasteiger partial charge >= 0.3 is 0 Å². The van der Waals surface area contributed by atoms with Gasteiger partial charge in [0.15, 0.2) is 17.3 Å². The number of anilines is 1. The Morgan fingerprint density at radius 1 is 1.10 bits per heavy atom. The Hall–Kier alpha value is -2.02.